The molecule has 1 aliphatic rings. The first-order valence-electron chi connectivity index (χ1n) is 20.3. The molecular formula is C38H52N10O17S2. The Labute approximate surface area is 388 Å². The van der Waals surface area contributed by atoms with Crippen LogP contribution in [0.2, 0.25) is 0 Å². The van der Waals surface area contributed by atoms with Crippen LogP contribution < -0.4 is 53.3 Å². The number of hydrogen-bond acceptors (Lipinski definition) is 19. The molecule has 0 aromatic carbocycles. The maximum Gasteiger partial charge on any atom is 0.322 e. The summed E-state index contributed by atoms with van der Waals surface area (Å²) in [7, 11) is 2.35. The minimum atomic E-state index is -1.47. The molecule has 27 nitrogen and oxygen atoms in total. The number of rotatable bonds is 28. The molecule has 1 aliphatic carbocycles. The van der Waals surface area contributed by atoms with Gasteiger partial charge in [-0.1, -0.05) is 6.42 Å². The molecule has 8 unspecified atom stereocenters. The second kappa shape index (κ2) is 26.5. The van der Waals surface area contributed by atoms with Gasteiger partial charge in [0.2, 0.25) is 23.6 Å². The van der Waals surface area contributed by atoms with Crippen LogP contribution in [-0.2, 0) is 43.2 Å². The Kier molecular flexibility index (Phi) is 21.7. The summed E-state index contributed by atoms with van der Waals surface area (Å²) in [4.78, 5) is 151. The number of nitrogens with two attached hydrogens (primary N) is 2. The number of aromatic amines is 2. The molecular weight excluding hydrogens is 933 g/mol. The van der Waals surface area contributed by atoms with Gasteiger partial charge in [-0.05, 0) is 25.7 Å². The molecule has 3 rings (SSSR count). The number of Topliss-reactive ketones (excluding diaryl/α,β-unsaturated/α-hetero) is 1. The number of carbonyl (C=O) groups is 9. The van der Waals surface area contributed by atoms with E-state index in [0.717, 1.165) is 23.5 Å². The topological polar surface area (TPSA) is 445 Å². The van der Waals surface area contributed by atoms with Crippen LogP contribution >= 0.6 is 23.5 Å². The molecule has 0 radical (unpaired) electrons. The van der Waals surface area contributed by atoms with E-state index in [1.54, 1.807) is 0 Å². The zero-order valence-corrected chi connectivity index (χ0v) is 37.6. The summed E-state index contributed by atoms with van der Waals surface area (Å²) in [6.07, 6.45) is 1.66. The zero-order valence-electron chi connectivity index (χ0n) is 36.0. The molecule has 14 N–H and O–H groups in total. The van der Waals surface area contributed by atoms with Crippen LogP contribution in [0.5, 0.6) is 11.8 Å². The highest BCUT2D eigenvalue weighted by Gasteiger charge is 2.43. The molecule has 0 aliphatic heterocycles. The lowest BCUT2D eigenvalue weighted by atomic mass is 9.76. The number of aliphatic carboxylic acids is 4. The van der Waals surface area contributed by atoms with E-state index >= 15 is 4.79 Å². The standard InChI is InChI=1S/C38H52N10O17S2/c1-64-35-33(58)41-10-20(47-35)29(66-14-22(31(56)43-12-26(51)52)45-24(49)8-6-18(39)37(60)61)16-4-3-5-17(28(16)55)30(21-11-42-34(59)36(48-21)65-2)67-15-23(32(57)44-13-27(53)54)46-25(50)9-7-19(40)38(62)63/h10-11,16-19,22-23,29-30H,3-9,12-15,39-40H2,1-2H3,(H,41,58)(H,42,59)(H,43,56)(H,44,57)(H,45,49)(H,46,50)(H,51,52)(H,53,54)(H,60,61)(H,62,63). The van der Waals surface area contributed by atoms with Crippen molar-refractivity contribution in [3.8, 4) is 11.8 Å². The average molecular weight is 985 g/mol. The van der Waals surface area contributed by atoms with Crippen molar-refractivity contribution in [2.75, 3.05) is 38.8 Å². The number of aromatic nitrogens is 4. The van der Waals surface area contributed by atoms with Gasteiger partial charge in [0.05, 0.1) is 36.1 Å². The maximum absolute atomic E-state index is 15.0. The number of carboxylic acid groups (broad SMARTS) is 4. The molecule has 1 fully saturated rings. The van der Waals surface area contributed by atoms with Crippen molar-refractivity contribution in [2.24, 2.45) is 23.3 Å². The van der Waals surface area contributed by atoms with E-state index in [4.69, 9.17) is 31.2 Å². The molecule has 2 aromatic heterocycles. The van der Waals surface area contributed by atoms with Gasteiger partial charge in [-0.3, -0.25) is 52.7 Å². The van der Waals surface area contributed by atoms with Gasteiger partial charge in [-0.2, -0.15) is 0 Å². The monoisotopic (exact) mass is 984 g/mol. The van der Waals surface area contributed by atoms with Gasteiger partial charge in [-0.15, -0.1) is 23.5 Å². The third-order valence-corrected chi connectivity index (χ3v) is 12.9. The fourth-order valence-electron chi connectivity index (χ4n) is 6.60. The number of ketones is 1. The number of amides is 4. The van der Waals surface area contributed by atoms with Gasteiger partial charge in [0.25, 0.3) is 11.8 Å². The number of nitrogens with zero attached hydrogens (tertiary/aromatic N) is 2. The zero-order chi connectivity index (χ0) is 50.0. The summed E-state index contributed by atoms with van der Waals surface area (Å²) in [6.45, 7) is -1.67. The van der Waals surface area contributed by atoms with Crippen molar-refractivity contribution >= 4 is 76.8 Å². The number of thioether (sulfide) groups is 2. The van der Waals surface area contributed by atoms with Crippen molar-refractivity contribution in [1.82, 2.24) is 41.2 Å². The second-order valence-electron chi connectivity index (χ2n) is 14.8. The van der Waals surface area contributed by atoms with Crippen LogP contribution in [0.15, 0.2) is 22.0 Å². The number of methoxy groups -OCH3 is 2. The first-order chi connectivity index (χ1) is 31.7. The predicted molar refractivity (Wildman–Crippen MR) is 234 cm³/mol. The van der Waals surface area contributed by atoms with Crippen molar-refractivity contribution in [3.63, 3.8) is 0 Å². The van der Waals surface area contributed by atoms with Crippen molar-refractivity contribution in [3.05, 3.63) is 44.5 Å². The summed E-state index contributed by atoms with van der Waals surface area (Å²) in [5.41, 5.74) is 9.77. The van der Waals surface area contributed by atoms with Crippen molar-refractivity contribution in [1.29, 1.82) is 0 Å². The highest BCUT2D eigenvalue weighted by atomic mass is 32.2. The largest absolute Gasteiger partial charge is 0.480 e. The van der Waals surface area contributed by atoms with Crippen molar-refractivity contribution in [2.45, 2.75) is 79.6 Å². The molecule has 67 heavy (non-hydrogen) atoms. The molecule has 2 heterocycles. The summed E-state index contributed by atoms with van der Waals surface area (Å²) >= 11 is 1.86. The summed E-state index contributed by atoms with van der Waals surface area (Å²) in [5.74, 6) is -13.0. The summed E-state index contributed by atoms with van der Waals surface area (Å²) in [5, 5.41) is 43.9. The third-order valence-electron chi connectivity index (χ3n) is 10.0. The number of carbonyl (C=O) groups excluding carboxylic acids is 5. The molecule has 0 saturated heterocycles. The number of H-pyrrole nitrogens is 2. The lowest BCUT2D eigenvalue weighted by molar-refractivity contribution is -0.140. The van der Waals surface area contributed by atoms with Gasteiger partial charge in [-0.25, -0.2) is 9.97 Å². The number of nitrogens with one attached hydrogen (secondary N) is 6. The second-order valence-corrected chi connectivity index (χ2v) is 17.2. The molecule has 2 aromatic rings. The third kappa shape index (κ3) is 17.0. The predicted octanol–water partition coefficient (Wildman–Crippen LogP) is -3.14. The van der Waals surface area contributed by atoms with Crippen LogP contribution in [0.25, 0.3) is 0 Å². The minimum absolute atomic E-state index is 0.0810. The molecule has 0 spiro atoms. The average Bonchev–Trinajstić information content (AvgIpc) is 3.28. The van der Waals surface area contributed by atoms with Gasteiger partial charge in [0, 0.05) is 48.6 Å². The maximum atomic E-state index is 15.0. The lowest BCUT2D eigenvalue weighted by Crippen LogP contribution is -2.50. The van der Waals surface area contributed by atoms with E-state index < -0.39 is 137 Å². The van der Waals surface area contributed by atoms with E-state index in [1.807, 2.05) is 0 Å². The van der Waals surface area contributed by atoms with Gasteiger partial charge >= 0.3 is 35.0 Å². The first-order valence-corrected chi connectivity index (χ1v) is 22.4. The van der Waals surface area contributed by atoms with Crippen LogP contribution in [0.3, 0.4) is 0 Å². The van der Waals surface area contributed by atoms with E-state index in [-0.39, 0.29) is 60.3 Å². The van der Waals surface area contributed by atoms with E-state index in [0.29, 0.717) is 6.42 Å². The summed E-state index contributed by atoms with van der Waals surface area (Å²) in [6, 6.07) is -5.75. The summed E-state index contributed by atoms with van der Waals surface area (Å²) < 4.78 is 10.3. The molecule has 368 valence electrons. The number of carboxylic acids is 4. The van der Waals surface area contributed by atoms with Crippen LogP contribution in [0.4, 0.5) is 0 Å². The van der Waals surface area contributed by atoms with Crippen LogP contribution in [-0.4, -0.2) is 157 Å². The van der Waals surface area contributed by atoms with E-state index in [9.17, 15) is 58.2 Å². The van der Waals surface area contributed by atoms with Crippen molar-refractivity contribution < 1.29 is 73.1 Å². The van der Waals surface area contributed by atoms with Gasteiger partial charge < -0.3 is 72.6 Å². The van der Waals surface area contributed by atoms with E-state index in [1.165, 1.54) is 26.6 Å². The van der Waals surface area contributed by atoms with Gasteiger partial charge in [0.1, 0.15) is 43.0 Å². The Morgan fingerprint density at radius 1 is 0.687 bits per heavy atom. The molecule has 0 bridgehead atoms. The fourth-order valence-corrected chi connectivity index (χ4v) is 9.45. The smallest absolute Gasteiger partial charge is 0.322 e. The fraction of sp³-hybridized carbons (Fsp3) is 0.553. The lowest BCUT2D eigenvalue weighted by Gasteiger charge is -2.36. The normalized spacial score (nSPS) is 17.3. The first kappa shape index (κ1) is 54.7. The Bertz CT molecular complexity index is 2110. The van der Waals surface area contributed by atoms with Crippen LogP contribution in [0, 0.1) is 11.8 Å². The molecule has 1 saturated carbocycles. The Hall–Kier alpha value is -6.59. The highest BCUT2D eigenvalue weighted by molar-refractivity contribution is 7.99. The van der Waals surface area contributed by atoms with Crippen LogP contribution in [0.1, 0.15) is 66.8 Å². The Morgan fingerprint density at radius 3 is 1.39 bits per heavy atom. The Morgan fingerprint density at radius 2 is 1.06 bits per heavy atom. The van der Waals surface area contributed by atoms with Gasteiger partial charge in [0.15, 0.2) is 0 Å². The SMILES string of the molecule is COc1nc(C(SCC(NC(=O)CCC(N)C(=O)O)C(=O)NCC(=O)O)C2CCCC(C(SCC(NC(=O)CCC(N)C(=O)O)C(=O)NCC(=O)O)c3c[nH]c(=O)c(OC)n3)C2=O)c[nH]c1=O. The molecule has 8 atom stereocenters. The van der Waals surface area contributed by atoms with E-state index in [2.05, 4.69) is 41.2 Å². The number of hydrogen-bond donors (Lipinski definition) is 12. The molecule has 4 amide bonds. The highest BCUT2D eigenvalue weighted by Crippen LogP contribution is 2.48. The molecule has 29 heteroatoms. The minimum Gasteiger partial charge on any atom is -0.480 e. The Balaban J connectivity index is 2.08. The number of ether oxygens (including phenoxy) is 2. The quantitative estimate of drug-likeness (QED) is 0.0401.